The Morgan fingerprint density at radius 2 is 1.70 bits per heavy atom. The summed E-state index contributed by atoms with van der Waals surface area (Å²) in [6.07, 6.45) is 22.3. The second-order valence-corrected chi connectivity index (χ2v) is 6.62. The Balaban J connectivity index is 2.70. The molecule has 0 saturated carbocycles. The van der Waals surface area contributed by atoms with Gasteiger partial charge in [0.2, 0.25) is 0 Å². The van der Waals surface area contributed by atoms with Crippen LogP contribution in [-0.4, -0.2) is 6.29 Å². The molecular weight excluding hydrogens is 280 g/mol. The minimum atomic E-state index is 0.208. The average Bonchev–Trinajstić information content (AvgIpc) is 2.45. The van der Waals surface area contributed by atoms with Crippen molar-refractivity contribution >= 4 is 6.29 Å². The van der Waals surface area contributed by atoms with E-state index >= 15 is 0 Å². The summed E-state index contributed by atoms with van der Waals surface area (Å²) in [5.74, 6) is 0. The monoisotopic (exact) mass is 308 g/mol. The van der Waals surface area contributed by atoms with Crippen molar-refractivity contribution in [2.24, 2.45) is 5.41 Å². The van der Waals surface area contributed by atoms with Gasteiger partial charge in [0.15, 0.2) is 0 Å². The molecule has 0 heterocycles. The van der Waals surface area contributed by atoms with Crippen LogP contribution in [0.4, 0.5) is 0 Å². The van der Waals surface area contributed by atoms with E-state index in [4.69, 9.17) is 0 Å². The highest BCUT2D eigenvalue weighted by molar-refractivity contribution is 5.66. The largest absolute Gasteiger partial charge is 0.299 e. The summed E-state index contributed by atoms with van der Waals surface area (Å²) in [5, 5.41) is 0. The maximum atomic E-state index is 10.3. The van der Waals surface area contributed by atoms with Gasteiger partial charge in [-0.2, -0.15) is 0 Å². The van der Waals surface area contributed by atoms with Crippen LogP contribution in [0.1, 0.15) is 41.0 Å². The molecule has 0 aromatic carbocycles. The van der Waals surface area contributed by atoms with Crippen LogP contribution in [0, 0.1) is 5.41 Å². The molecule has 0 N–H and O–H groups in total. The Morgan fingerprint density at radius 3 is 2.35 bits per heavy atom. The number of allylic oxidation sites excluding steroid dienone is 14. The molecule has 0 fully saturated rings. The Bertz CT molecular complexity index is 629. The highest BCUT2D eigenvalue weighted by atomic mass is 16.1. The first kappa shape index (κ1) is 18.9. The van der Waals surface area contributed by atoms with E-state index in [0.29, 0.717) is 0 Å². The van der Waals surface area contributed by atoms with Crippen LogP contribution in [0.2, 0.25) is 0 Å². The van der Waals surface area contributed by atoms with Crippen molar-refractivity contribution in [1.82, 2.24) is 0 Å². The molecule has 1 aliphatic carbocycles. The third-order valence-corrected chi connectivity index (χ3v) is 3.93. The molecule has 1 heteroatoms. The lowest BCUT2D eigenvalue weighted by atomic mass is 9.75. The van der Waals surface area contributed by atoms with Gasteiger partial charge >= 0.3 is 0 Å². The third kappa shape index (κ3) is 6.65. The van der Waals surface area contributed by atoms with Gasteiger partial charge < -0.3 is 0 Å². The van der Waals surface area contributed by atoms with Gasteiger partial charge in [0.1, 0.15) is 6.29 Å². The molecule has 0 spiro atoms. The van der Waals surface area contributed by atoms with Crippen LogP contribution in [0.25, 0.3) is 0 Å². The van der Waals surface area contributed by atoms with Crippen LogP contribution < -0.4 is 0 Å². The lowest BCUT2D eigenvalue weighted by Crippen LogP contribution is -2.16. The Hall–Kier alpha value is -2.15. The van der Waals surface area contributed by atoms with Gasteiger partial charge in [0, 0.05) is 0 Å². The van der Waals surface area contributed by atoms with Crippen molar-refractivity contribution in [2.45, 2.75) is 41.0 Å². The molecular formula is C22H28O. The predicted molar refractivity (Wildman–Crippen MR) is 101 cm³/mol. The van der Waals surface area contributed by atoms with Crippen molar-refractivity contribution in [3.05, 3.63) is 83.1 Å². The number of carbonyl (C=O) groups excluding carboxylic acids is 1. The highest BCUT2D eigenvalue weighted by Gasteiger charge is 2.23. The fraction of sp³-hybridized carbons (Fsp3) is 0.318. The second-order valence-electron chi connectivity index (χ2n) is 6.62. The van der Waals surface area contributed by atoms with Crippen LogP contribution in [0.3, 0.4) is 0 Å². The second kappa shape index (κ2) is 9.09. The maximum absolute atomic E-state index is 10.3. The zero-order valence-electron chi connectivity index (χ0n) is 15.0. The van der Waals surface area contributed by atoms with Crippen molar-refractivity contribution in [3.8, 4) is 0 Å². The quantitative estimate of drug-likeness (QED) is 0.331. The van der Waals surface area contributed by atoms with Gasteiger partial charge in [-0.05, 0) is 55.4 Å². The zero-order valence-corrected chi connectivity index (χ0v) is 15.0. The van der Waals surface area contributed by atoms with Gasteiger partial charge in [-0.25, -0.2) is 0 Å². The smallest absolute Gasteiger partial charge is 0.143 e. The summed E-state index contributed by atoms with van der Waals surface area (Å²) in [6.45, 7) is 10.7. The summed E-state index contributed by atoms with van der Waals surface area (Å²) in [5.41, 5.74) is 5.07. The summed E-state index contributed by atoms with van der Waals surface area (Å²) in [6, 6.07) is 0. The fourth-order valence-corrected chi connectivity index (χ4v) is 2.55. The molecule has 0 aromatic heterocycles. The molecule has 1 nitrogen and oxygen atoms in total. The molecule has 23 heavy (non-hydrogen) atoms. The SMILES string of the molecule is CC1=C(/C=C/C=C/C(C)=C/C=C/C(C)=C/C=O)C(C)(C)CC=C1. The lowest BCUT2D eigenvalue weighted by Gasteiger charge is -2.29. The predicted octanol–water partition coefficient (Wildman–Crippen LogP) is 6.05. The van der Waals surface area contributed by atoms with Gasteiger partial charge in [-0.15, -0.1) is 0 Å². The maximum Gasteiger partial charge on any atom is 0.143 e. The number of hydrogen-bond acceptors (Lipinski definition) is 1. The molecule has 0 aromatic rings. The van der Waals surface area contributed by atoms with Crippen LogP contribution in [0.5, 0.6) is 0 Å². The Kier molecular flexibility index (Phi) is 7.47. The number of rotatable bonds is 6. The van der Waals surface area contributed by atoms with E-state index < -0.39 is 0 Å². The zero-order chi connectivity index (χ0) is 17.3. The van der Waals surface area contributed by atoms with E-state index in [2.05, 4.69) is 64.2 Å². The van der Waals surface area contributed by atoms with E-state index in [-0.39, 0.29) is 5.41 Å². The summed E-state index contributed by atoms with van der Waals surface area (Å²) in [7, 11) is 0. The number of aldehydes is 1. The average molecular weight is 308 g/mol. The molecule has 122 valence electrons. The van der Waals surface area contributed by atoms with Gasteiger partial charge in [-0.1, -0.05) is 74.1 Å². The highest BCUT2D eigenvalue weighted by Crippen LogP contribution is 2.37. The minimum Gasteiger partial charge on any atom is -0.299 e. The standard InChI is InChI=1S/C22H28O/c1-18(11-8-12-19(2)15-17-23)10-6-7-14-21-20(3)13-9-16-22(21,4)5/h6-15,17H,16H2,1-5H3/b10-6+,12-8+,14-7+,18-11+,19-15+. The van der Waals surface area contributed by atoms with Crippen molar-refractivity contribution in [1.29, 1.82) is 0 Å². The summed E-state index contributed by atoms with van der Waals surface area (Å²) >= 11 is 0. The molecule has 0 atom stereocenters. The fourth-order valence-electron chi connectivity index (χ4n) is 2.55. The van der Waals surface area contributed by atoms with Crippen molar-refractivity contribution < 1.29 is 4.79 Å². The first-order valence-corrected chi connectivity index (χ1v) is 8.06. The normalized spacial score (nSPS) is 19.5. The summed E-state index contributed by atoms with van der Waals surface area (Å²) < 4.78 is 0. The topological polar surface area (TPSA) is 17.1 Å². The van der Waals surface area contributed by atoms with E-state index in [1.807, 2.05) is 25.2 Å². The van der Waals surface area contributed by atoms with Crippen molar-refractivity contribution in [2.75, 3.05) is 0 Å². The van der Waals surface area contributed by atoms with Crippen molar-refractivity contribution in [3.63, 3.8) is 0 Å². The molecule has 0 unspecified atom stereocenters. The van der Waals surface area contributed by atoms with Gasteiger partial charge in [0.05, 0.1) is 0 Å². The van der Waals surface area contributed by atoms with E-state index in [1.54, 1.807) is 6.08 Å². The molecule has 0 bridgehead atoms. The first-order valence-electron chi connectivity index (χ1n) is 8.06. The van der Waals surface area contributed by atoms with Gasteiger partial charge in [-0.3, -0.25) is 4.79 Å². The first-order chi connectivity index (χ1) is 10.9. The van der Waals surface area contributed by atoms with E-state index in [0.717, 1.165) is 18.3 Å². The number of carbonyl (C=O) groups is 1. The lowest BCUT2D eigenvalue weighted by molar-refractivity contribution is -0.104. The molecule has 0 saturated heterocycles. The minimum absolute atomic E-state index is 0.208. The van der Waals surface area contributed by atoms with E-state index in [9.17, 15) is 4.79 Å². The molecule has 1 rings (SSSR count). The number of hydrogen-bond donors (Lipinski definition) is 0. The molecule has 0 aliphatic heterocycles. The van der Waals surface area contributed by atoms with Crippen LogP contribution >= 0.6 is 0 Å². The summed E-state index contributed by atoms with van der Waals surface area (Å²) in [4.78, 5) is 10.3. The Labute approximate surface area is 141 Å². The van der Waals surface area contributed by atoms with Crippen LogP contribution in [0.15, 0.2) is 83.1 Å². The van der Waals surface area contributed by atoms with Gasteiger partial charge in [0.25, 0.3) is 0 Å². The molecule has 0 amide bonds. The Morgan fingerprint density at radius 1 is 1.04 bits per heavy atom. The third-order valence-electron chi connectivity index (χ3n) is 3.93. The van der Waals surface area contributed by atoms with E-state index in [1.165, 1.54) is 16.7 Å². The molecule has 0 radical (unpaired) electrons. The van der Waals surface area contributed by atoms with Crippen LogP contribution in [-0.2, 0) is 4.79 Å². The molecule has 1 aliphatic rings.